The maximum atomic E-state index is 11.5. The molecule has 60 valence electrons. The Morgan fingerprint density at radius 2 is 2.40 bits per heavy atom. The predicted molar refractivity (Wildman–Crippen MR) is 39.9 cm³/mol. The van der Waals surface area contributed by atoms with Crippen LogP contribution in [-0.2, 0) is 9.53 Å². The van der Waals surface area contributed by atoms with Gasteiger partial charge in [0.1, 0.15) is 0 Å². The topological polar surface area (TPSA) is 26.3 Å². The number of thioether (sulfide) groups is 1. The van der Waals surface area contributed by atoms with Gasteiger partial charge in [-0.3, -0.25) is 9.18 Å². The maximum absolute atomic E-state index is 11.5. The first kappa shape index (κ1) is 9.75. The van der Waals surface area contributed by atoms with Crippen molar-refractivity contribution in [2.75, 3.05) is 24.8 Å². The number of ether oxygens (including phenoxy) is 1. The summed E-state index contributed by atoms with van der Waals surface area (Å²) in [7, 11) is 0. The Bertz CT molecular complexity index is 97.7. The Morgan fingerprint density at radius 3 is 2.90 bits per heavy atom. The van der Waals surface area contributed by atoms with Crippen molar-refractivity contribution >= 4 is 17.7 Å². The van der Waals surface area contributed by atoms with E-state index >= 15 is 0 Å². The van der Waals surface area contributed by atoms with Crippen LogP contribution in [0.25, 0.3) is 0 Å². The summed E-state index contributed by atoms with van der Waals surface area (Å²) < 4.78 is 16.1. The van der Waals surface area contributed by atoms with Crippen LogP contribution in [0.5, 0.6) is 0 Å². The molecular formula is C6H11FO2S. The molecule has 0 aromatic heterocycles. The van der Waals surface area contributed by atoms with Crippen molar-refractivity contribution in [3.8, 4) is 0 Å². The molecule has 0 bridgehead atoms. The third-order valence-electron chi connectivity index (χ3n) is 0.747. The second-order valence-electron chi connectivity index (χ2n) is 1.55. The van der Waals surface area contributed by atoms with Crippen LogP contribution < -0.4 is 0 Å². The van der Waals surface area contributed by atoms with E-state index in [2.05, 4.69) is 4.74 Å². The molecule has 0 spiro atoms. The summed E-state index contributed by atoms with van der Waals surface area (Å²) in [5, 5.41) is 0. The van der Waals surface area contributed by atoms with E-state index in [4.69, 9.17) is 0 Å². The van der Waals surface area contributed by atoms with Gasteiger partial charge in [-0.2, -0.15) is 0 Å². The van der Waals surface area contributed by atoms with Gasteiger partial charge in [0.25, 0.3) is 0 Å². The van der Waals surface area contributed by atoms with E-state index in [1.54, 1.807) is 6.92 Å². The molecule has 0 atom stereocenters. The lowest BCUT2D eigenvalue weighted by Gasteiger charge is -1.98. The number of carbonyl (C=O) groups excluding carboxylic acids is 1. The summed E-state index contributed by atoms with van der Waals surface area (Å²) >= 11 is 1.25. The smallest absolute Gasteiger partial charge is 0.315 e. The van der Waals surface area contributed by atoms with Gasteiger partial charge in [0.15, 0.2) is 0 Å². The third-order valence-corrected chi connectivity index (χ3v) is 1.63. The van der Waals surface area contributed by atoms with Gasteiger partial charge in [-0.15, -0.1) is 11.8 Å². The van der Waals surface area contributed by atoms with Gasteiger partial charge < -0.3 is 4.74 Å². The van der Waals surface area contributed by atoms with E-state index in [1.165, 1.54) is 11.8 Å². The number of carbonyl (C=O) groups is 1. The molecule has 0 unspecified atom stereocenters. The van der Waals surface area contributed by atoms with E-state index in [1.807, 2.05) is 0 Å². The largest absolute Gasteiger partial charge is 0.465 e. The third kappa shape index (κ3) is 5.88. The molecule has 0 aromatic rings. The molecule has 4 heteroatoms. The molecule has 0 aliphatic carbocycles. The zero-order valence-electron chi connectivity index (χ0n) is 5.93. The van der Waals surface area contributed by atoms with E-state index < -0.39 is 0 Å². The Morgan fingerprint density at radius 1 is 1.70 bits per heavy atom. The van der Waals surface area contributed by atoms with Crippen LogP contribution in [0, 0.1) is 0 Å². The first-order valence-electron chi connectivity index (χ1n) is 3.10. The molecule has 0 heterocycles. The highest BCUT2D eigenvalue weighted by atomic mass is 32.2. The van der Waals surface area contributed by atoms with Gasteiger partial charge in [0, 0.05) is 5.75 Å². The fourth-order valence-electron chi connectivity index (χ4n) is 0.413. The monoisotopic (exact) mass is 166 g/mol. The first-order valence-corrected chi connectivity index (χ1v) is 4.26. The quantitative estimate of drug-likeness (QED) is 0.454. The van der Waals surface area contributed by atoms with Crippen LogP contribution in [0.4, 0.5) is 4.39 Å². The van der Waals surface area contributed by atoms with E-state index in [-0.39, 0.29) is 18.4 Å². The lowest BCUT2D eigenvalue weighted by Crippen LogP contribution is -2.07. The minimum atomic E-state index is -0.385. The summed E-state index contributed by atoms with van der Waals surface area (Å²) in [5.74, 6) is 0.372. The number of hydrogen-bond acceptors (Lipinski definition) is 3. The highest BCUT2D eigenvalue weighted by Gasteiger charge is 1.99. The minimum absolute atomic E-state index is 0.262. The van der Waals surface area contributed by atoms with E-state index in [9.17, 15) is 9.18 Å². The number of rotatable bonds is 5. The lowest BCUT2D eigenvalue weighted by molar-refractivity contribution is -0.139. The molecule has 0 amide bonds. The van der Waals surface area contributed by atoms with Crippen molar-refractivity contribution in [1.29, 1.82) is 0 Å². The Balaban J connectivity index is 3.05. The van der Waals surface area contributed by atoms with Crippen molar-refractivity contribution in [2.24, 2.45) is 0 Å². The molecule has 0 rings (SSSR count). The normalized spacial score (nSPS) is 9.40. The van der Waals surface area contributed by atoms with Gasteiger partial charge in [0.2, 0.25) is 0 Å². The summed E-state index contributed by atoms with van der Waals surface area (Å²) in [6.45, 7) is 1.76. The molecule has 0 saturated heterocycles. The number of esters is 1. The highest BCUT2D eigenvalue weighted by molar-refractivity contribution is 7.99. The fraction of sp³-hybridized carbons (Fsp3) is 0.833. The van der Waals surface area contributed by atoms with Gasteiger partial charge >= 0.3 is 5.97 Å². The molecule has 0 aromatic carbocycles. The molecule has 0 aliphatic rings. The minimum Gasteiger partial charge on any atom is -0.465 e. The number of halogens is 1. The van der Waals surface area contributed by atoms with Crippen molar-refractivity contribution in [3.05, 3.63) is 0 Å². The van der Waals surface area contributed by atoms with Crippen molar-refractivity contribution in [3.63, 3.8) is 0 Å². The van der Waals surface area contributed by atoms with Crippen molar-refractivity contribution in [1.82, 2.24) is 0 Å². The van der Waals surface area contributed by atoms with Crippen LogP contribution in [0.3, 0.4) is 0 Å². The molecule has 0 aliphatic heterocycles. The average Bonchev–Trinajstić information content (AvgIpc) is 1.89. The molecule has 0 fully saturated rings. The summed E-state index contributed by atoms with van der Waals surface area (Å²) in [4.78, 5) is 10.6. The molecule has 10 heavy (non-hydrogen) atoms. The molecular weight excluding hydrogens is 155 g/mol. The van der Waals surface area contributed by atoms with Gasteiger partial charge in [0.05, 0.1) is 19.0 Å². The van der Waals surface area contributed by atoms with Gasteiger partial charge in [-0.25, -0.2) is 0 Å². The fourth-order valence-corrected chi connectivity index (χ4v) is 0.916. The summed E-state index contributed by atoms with van der Waals surface area (Å²) in [6.07, 6.45) is 0. The highest BCUT2D eigenvalue weighted by Crippen LogP contribution is 1.99. The molecule has 0 saturated carbocycles. The number of hydrogen-bond donors (Lipinski definition) is 0. The second kappa shape index (κ2) is 6.86. The number of alkyl halides is 1. The molecule has 0 radical (unpaired) electrons. The SMILES string of the molecule is CCOC(=O)CSCCF. The zero-order valence-corrected chi connectivity index (χ0v) is 6.75. The Labute approximate surface area is 64.1 Å². The Kier molecular flexibility index (Phi) is 6.69. The second-order valence-corrected chi connectivity index (χ2v) is 2.65. The lowest BCUT2D eigenvalue weighted by atomic mass is 10.8. The average molecular weight is 166 g/mol. The van der Waals surface area contributed by atoms with Gasteiger partial charge in [-0.05, 0) is 6.92 Å². The van der Waals surface area contributed by atoms with Crippen molar-refractivity contribution in [2.45, 2.75) is 6.92 Å². The zero-order chi connectivity index (χ0) is 7.82. The first-order chi connectivity index (χ1) is 4.81. The predicted octanol–water partition coefficient (Wildman–Crippen LogP) is 1.25. The maximum Gasteiger partial charge on any atom is 0.315 e. The van der Waals surface area contributed by atoms with Crippen LogP contribution in [0.15, 0.2) is 0 Å². The van der Waals surface area contributed by atoms with E-state index in [0.717, 1.165) is 0 Å². The van der Waals surface area contributed by atoms with Crippen LogP contribution >= 0.6 is 11.8 Å². The van der Waals surface area contributed by atoms with Gasteiger partial charge in [-0.1, -0.05) is 0 Å². The van der Waals surface area contributed by atoms with Crippen LogP contribution in [0.1, 0.15) is 6.92 Å². The van der Waals surface area contributed by atoms with Crippen LogP contribution in [-0.4, -0.2) is 30.8 Å². The molecule has 2 nitrogen and oxygen atoms in total. The van der Waals surface area contributed by atoms with E-state index in [0.29, 0.717) is 12.4 Å². The standard InChI is InChI=1S/C6H11FO2S/c1-2-9-6(8)5-10-4-3-7/h2-5H2,1H3. The van der Waals surface area contributed by atoms with Crippen molar-refractivity contribution < 1.29 is 13.9 Å². The molecule has 0 N–H and O–H groups in total. The van der Waals surface area contributed by atoms with Crippen LogP contribution in [0.2, 0.25) is 0 Å². The Hall–Kier alpha value is -0.250. The summed E-state index contributed by atoms with van der Waals surface area (Å²) in [5.41, 5.74) is 0. The summed E-state index contributed by atoms with van der Waals surface area (Å²) in [6, 6.07) is 0.